The minimum atomic E-state index is 0.794. The third kappa shape index (κ3) is 3.13. The zero-order valence-corrected chi connectivity index (χ0v) is 12.1. The Hall–Kier alpha value is -2.56. The number of nitrogens with one attached hydrogen (secondary N) is 1. The van der Waals surface area contributed by atoms with E-state index in [2.05, 4.69) is 51.4 Å². The average molecular weight is 281 g/mol. The summed E-state index contributed by atoms with van der Waals surface area (Å²) in [4.78, 5) is 4.00. The number of anilines is 1. The van der Waals surface area contributed by atoms with Crippen LogP contribution >= 0.6 is 0 Å². The average Bonchev–Trinajstić information content (AvgIpc) is 3.17. The lowest BCUT2D eigenvalue weighted by molar-refractivity contribution is 0.681. The second-order valence-corrected chi connectivity index (χ2v) is 4.97. The number of para-hydroxylation sites is 2. The van der Waals surface area contributed by atoms with Crippen LogP contribution in [0.1, 0.15) is 18.9 Å². The van der Waals surface area contributed by atoms with Gasteiger partial charge in [0.05, 0.1) is 11.4 Å². The number of aryl methyl sites for hydroxylation is 1. The van der Waals surface area contributed by atoms with Crippen molar-refractivity contribution in [2.75, 3.05) is 5.32 Å². The van der Waals surface area contributed by atoms with Crippen molar-refractivity contribution in [2.24, 2.45) is 0 Å². The van der Waals surface area contributed by atoms with Gasteiger partial charge in [0.1, 0.15) is 12.7 Å². The Morgan fingerprint density at radius 3 is 2.90 bits per heavy atom. The van der Waals surface area contributed by atoms with E-state index < -0.39 is 0 Å². The number of aromatic nitrogens is 4. The molecule has 2 heterocycles. The van der Waals surface area contributed by atoms with Gasteiger partial charge >= 0.3 is 0 Å². The normalized spacial score (nSPS) is 10.7. The van der Waals surface area contributed by atoms with Gasteiger partial charge in [0.15, 0.2) is 0 Å². The summed E-state index contributed by atoms with van der Waals surface area (Å²) in [6.45, 7) is 4.05. The van der Waals surface area contributed by atoms with Gasteiger partial charge in [-0.15, -0.1) is 0 Å². The molecular weight excluding hydrogens is 262 g/mol. The van der Waals surface area contributed by atoms with Gasteiger partial charge in [-0.1, -0.05) is 19.1 Å². The number of benzene rings is 1. The maximum atomic E-state index is 4.19. The quantitative estimate of drug-likeness (QED) is 0.755. The zero-order valence-electron chi connectivity index (χ0n) is 12.1. The topological polar surface area (TPSA) is 47.7 Å². The van der Waals surface area contributed by atoms with Gasteiger partial charge in [0, 0.05) is 25.5 Å². The predicted octanol–water partition coefficient (Wildman–Crippen LogP) is 3.09. The monoisotopic (exact) mass is 281 g/mol. The van der Waals surface area contributed by atoms with Crippen LogP contribution in [0.25, 0.3) is 5.69 Å². The highest BCUT2D eigenvalue weighted by molar-refractivity contribution is 5.60. The summed E-state index contributed by atoms with van der Waals surface area (Å²) in [5.74, 6) is 0. The van der Waals surface area contributed by atoms with E-state index >= 15 is 0 Å². The summed E-state index contributed by atoms with van der Waals surface area (Å²) in [5, 5.41) is 7.66. The maximum absolute atomic E-state index is 4.19. The molecule has 1 aromatic carbocycles. The van der Waals surface area contributed by atoms with E-state index in [1.807, 2.05) is 18.2 Å². The third-order valence-corrected chi connectivity index (χ3v) is 3.35. The number of hydrogen-bond acceptors (Lipinski definition) is 3. The van der Waals surface area contributed by atoms with Gasteiger partial charge in [0.2, 0.25) is 0 Å². The van der Waals surface area contributed by atoms with Crippen LogP contribution < -0.4 is 5.32 Å². The molecule has 5 heteroatoms. The Kier molecular flexibility index (Phi) is 4.00. The molecule has 0 saturated carbocycles. The van der Waals surface area contributed by atoms with Crippen LogP contribution in [0.2, 0.25) is 0 Å². The van der Waals surface area contributed by atoms with Crippen molar-refractivity contribution in [1.82, 2.24) is 19.3 Å². The molecule has 0 aliphatic rings. The van der Waals surface area contributed by atoms with Crippen LogP contribution in [-0.2, 0) is 13.1 Å². The highest BCUT2D eigenvalue weighted by atomic mass is 15.3. The predicted molar refractivity (Wildman–Crippen MR) is 83.4 cm³/mol. The highest BCUT2D eigenvalue weighted by Gasteiger charge is 2.04. The summed E-state index contributed by atoms with van der Waals surface area (Å²) in [7, 11) is 0. The van der Waals surface area contributed by atoms with Crippen molar-refractivity contribution < 1.29 is 0 Å². The van der Waals surface area contributed by atoms with Gasteiger partial charge < -0.3 is 9.88 Å². The first-order chi connectivity index (χ1) is 10.4. The zero-order chi connectivity index (χ0) is 14.5. The molecule has 0 aliphatic carbocycles. The first-order valence-corrected chi connectivity index (χ1v) is 7.19. The second kappa shape index (κ2) is 6.26. The van der Waals surface area contributed by atoms with Crippen LogP contribution in [-0.4, -0.2) is 19.3 Å². The fourth-order valence-electron chi connectivity index (χ4n) is 2.35. The molecule has 0 fully saturated rings. The van der Waals surface area contributed by atoms with Crippen molar-refractivity contribution in [3.8, 4) is 5.69 Å². The summed E-state index contributed by atoms with van der Waals surface area (Å²) in [5.41, 5.74) is 3.33. The summed E-state index contributed by atoms with van der Waals surface area (Å²) in [6.07, 6.45) is 8.72. The summed E-state index contributed by atoms with van der Waals surface area (Å²) >= 11 is 0. The van der Waals surface area contributed by atoms with E-state index in [0.717, 1.165) is 30.9 Å². The molecule has 5 nitrogen and oxygen atoms in total. The Morgan fingerprint density at radius 1 is 1.19 bits per heavy atom. The second-order valence-electron chi connectivity index (χ2n) is 4.97. The standard InChI is InChI=1S/C16H19N5/c1-2-8-20-9-7-14(11-20)10-18-15-5-3-4-6-16(15)21-13-17-12-19-21/h3-7,9,11-13,18H,2,8,10H2,1H3. The molecule has 1 N–H and O–H groups in total. The summed E-state index contributed by atoms with van der Waals surface area (Å²) in [6, 6.07) is 10.3. The lowest BCUT2D eigenvalue weighted by Crippen LogP contribution is -2.04. The van der Waals surface area contributed by atoms with E-state index in [-0.39, 0.29) is 0 Å². The lowest BCUT2D eigenvalue weighted by Gasteiger charge is -2.10. The van der Waals surface area contributed by atoms with Gasteiger partial charge in [-0.25, -0.2) is 9.67 Å². The molecule has 21 heavy (non-hydrogen) atoms. The van der Waals surface area contributed by atoms with Gasteiger partial charge in [-0.2, -0.15) is 5.10 Å². The maximum Gasteiger partial charge on any atom is 0.138 e. The van der Waals surface area contributed by atoms with E-state index in [4.69, 9.17) is 0 Å². The lowest BCUT2D eigenvalue weighted by atomic mass is 10.2. The highest BCUT2D eigenvalue weighted by Crippen LogP contribution is 2.19. The molecule has 0 bridgehead atoms. The van der Waals surface area contributed by atoms with E-state index in [9.17, 15) is 0 Å². The molecule has 0 saturated heterocycles. The number of hydrogen-bond donors (Lipinski definition) is 1. The van der Waals surface area contributed by atoms with Gasteiger partial charge in [0.25, 0.3) is 0 Å². The first-order valence-electron chi connectivity index (χ1n) is 7.19. The Morgan fingerprint density at radius 2 is 2.10 bits per heavy atom. The first kappa shape index (κ1) is 13.4. The molecular formula is C16H19N5. The number of nitrogens with zero attached hydrogens (tertiary/aromatic N) is 4. The minimum Gasteiger partial charge on any atom is -0.379 e. The van der Waals surface area contributed by atoms with Gasteiger partial charge in [-0.05, 0) is 30.2 Å². The SMILES string of the molecule is CCCn1ccc(CNc2ccccc2-n2cncn2)c1. The van der Waals surface area contributed by atoms with Crippen LogP contribution in [0, 0.1) is 0 Å². The van der Waals surface area contributed by atoms with Crippen molar-refractivity contribution in [3.63, 3.8) is 0 Å². The van der Waals surface area contributed by atoms with Crippen LogP contribution in [0.15, 0.2) is 55.4 Å². The Balaban J connectivity index is 1.73. The van der Waals surface area contributed by atoms with Crippen molar-refractivity contribution in [1.29, 1.82) is 0 Å². The Labute approximate surface area is 124 Å². The van der Waals surface area contributed by atoms with Crippen LogP contribution in [0.5, 0.6) is 0 Å². The summed E-state index contributed by atoms with van der Waals surface area (Å²) < 4.78 is 3.99. The van der Waals surface area contributed by atoms with E-state index in [1.54, 1.807) is 17.3 Å². The fourth-order valence-corrected chi connectivity index (χ4v) is 2.35. The van der Waals surface area contributed by atoms with Crippen molar-refractivity contribution in [2.45, 2.75) is 26.4 Å². The third-order valence-electron chi connectivity index (χ3n) is 3.35. The molecule has 0 amide bonds. The van der Waals surface area contributed by atoms with Gasteiger partial charge in [-0.3, -0.25) is 0 Å². The van der Waals surface area contributed by atoms with Crippen molar-refractivity contribution >= 4 is 5.69 Å². The molecule has 0 aliphatic heterocycles. The molecule has 0 unspecified atom stereocenters. The smallest absolute Gasteiger partial charge is 0.138 e. The molecule has 3 aromatic rings. The molecule has 0 spiro atoms. The fraction of sp³-hybridized carbons (Fsp3) is 0.250. The molecule has 108 valence electrons. The molecule has 3 rings (SSSR count). The minimum absolute atomic E-state index is 0.794. The molecule has 0 radical (unpaired) electrons. The van der Waals surface area contributed by atoms with Crippen LogP contribution in [0.3, 0.4) is 0 Å². The molecule has 0 atom stereocenters. The van der Waals surface area contributed by atoms with E-state index in [0.29, 0.717) is 0 Å². The largest absolute Gasteiger partial charge is 0.379 e. The van der Waals surface area contributed by atoms with E-state index in [1.165, 1.54) is 5.56 Å². The molecule has 2 aromatic heterocycles. The Bertz CT molecular complexity index is 684. The number of rotatable bonds is 6. The van der Waals surface area contributed by atoms with Crippen LogP contribution in [0.4, 0.5) is 5.69 Å². The van der Waals surface area contributed by atoms with Crippen molar-refractivity contribution in [3.05, 3.63) is 60.9 Å².